The molecule has 1 heterocycles. The van der Waals surface area contributed by atoms with Crippen LogP contribution >= 0.6 is 11.6 Å². The Hall–Kier alpha value is 0.160. The lowest BCUT2D eigenvalue weighted by molar-refractivity contribution is 0.454. The third kappa shape index (κ3) is 3.08. The van der Waals surface area contributed by atoms with Crippen molar-refractivity contribution in [2.75, 3.05) is 19.0 Å². The van der Waals surface area contributed by atoms with Gasteiger partial charge in [0.05, 0.1) is 0 Å². The van der Waals surface area contributed by atoms with E-state index >= 15 is 0 Å². The molecule has 1 unspecified atom stereocenters. The fraction of sp³-hybridized carbons (Fsp3) is 1.00. The maximum atomic E-state index is 11.7. The lowest BCUT2D eigenvalue weighted by Crippen LogP contribution is -2.44. The molecule has 1 aliphatic heterocycles. The number of alkyl halides is 1. The molecule has 0 aliphatic carbocycles. The smallest absolute Gasteiger partial charge is 0.198 e. The molecule has 0 saturated carbocycles. The summed E-state index contributed by atoms with van der Waals surface area (Å²) in [6.45, 7) is 3.18. The van der Waals surface area contributed by atoms with E-state index < -0.39 is 10.2 Å². The molecule has 6 heteroatoms. The van der Waals surface area contributed by atoms with E-state index in [0.29, 0.717) is 19.0 Å². The lowest BCUT2D eigenvalue weighted by Gasteiger charge is -2.20. The first-order valence-electron chi connectivity index (χ1n) is 4.93. The molecule has 1 saturated heterocycles. The molecular formula is C8H17ClN2O2S. The van der Waals surface area contributed by atoms with Gasteiger partial charge in [0.2, 0.25) is 0 Å². The SMILES string of the molecule is CCC(CCl)NS(=O)(=O)N1CCCC1. The van der Waals surface area contributed by atoms with Crippen molar-refractivity contribution in [1.29, 1.82) is 0 Å². The van der Waals surface area contributed by atoms with Crippen LogP contribution in [0.5, 0.6) is 0 Å². The van der Waals surface area contributed by atoms with Crippen LogP contribution in [0.1, 0.15) is 26.2 Å². The van der Waals surface area contributed by atoms with Crippen LogP contribution in [0.25, 0.3) is 0 Å². The van der Waals surface area contributed by atoms with Gasteiger partial charge in [0, 0.05) is 25.0 Å². The van der Waals surface area contributed by atoms with Gasteiger partial charge in [-0.3, -0.25) is 0 Å². The Labute approximate surface area is 90.8 Å². The van der Waals surface area contributed by atoms with E-state index in [1.165, 1.54) is 4.31 Å². The Balaban J connectivity index is 2.56. The summed E-state index contributed by atoms with van der Waals surface area (Å²) in [5.41, 5.74) is 0. The van der Waals surface area contributed by atoms with Gasteiger partial charge >= 0.3 is 0 Å². The first kappa shape index (κ1) is 12.2. The summed E-state index contributed by atoms with van der Waals surface area (Å²) in [6, 6.07) is -0.151. The number of rotatable bonds is 5. The van der Waals surface area contributed by atoms with Crippen LogP contribution in [0.3, 0.4) is 0 Å². The average molecular weight is 241 g/mol. The second-order valence-corrected chi connectivity index (χ2v) is 5.50. The van der Waals surface area contributed by atoms with E-state index in [1.54, 1.807) is 0 Å². The first-order chi connectivity index (χ1) is 6.60. The highest BCUT2D eigenvalue weighted by atomic mass is 35.5. The van der Waals surface area contributed by atoms with E-state index in [4.69, 9.17) is 11.6 Å². The predicted molar refractivity (Wildman–Crippen MR) is 57.7 cm³/mol. The fourth-order valence-corrected chi connectivity index (χ4v) is 3.38. The molecule has 0 aromatic rings. The molecule has 1 atom stereocenters. The molecule has 0 aromatic carbocycles. The van der Waals surface area contributed by atoms with Crippen molar-refractivity contribution in [3.05, 3.63) is 0 Å². The van der Waals surface area contributed by atoms with Crippen LogP contribution < -0.4 is 4.72 Å². The lowest BCUT2D eigenvalue weighted by atomic mass is 10.3. The fourth-order valence-electron chi connectivity index (χ4n) is 1.44. The number of hydrogen-bond acceptors (Lipinski definition) is 2. The number of halogens is 1. The van der Waals surface area contributed by atoms with E-state index in [-0.39, 0.29) is 6.04 Å². The second-order valence-electron chi connectivity index (χ2n) is 3.49. The number of nitrogens with one attached hydrogen (secondary N) is 1. The van der Waals surface area contributed by atoms with Crippen LogP contribution in [-0.4, -0.2) is 37.7 Å². The van der Waals surface area contributed by atoms with E-state index in [1.807, 2.05) is 6.92 Å². The van der Waals surface area contributed by atoms with Gasteiger partial charge in [-0.2, -0.15) is 17.4 Å². The van der Waals surface area contributed by atoms with Crippen molar-refractivity contribution in [1.82, 2.24) is 9.03 Å². The number of hydrogen-bond donors (Lipinski definition) is 1. The zero-order valence-corrected chi connectivity index (χ0v) is 9.94. The summed E-state index contributed by atoms with van der Waals surface area (Å²) in [5.74, 6) is 0.323. The van der Waals surface area contributed by atoms with Gasteiger partial charge in [-0.05, 0) is 19.3 Å². The maximum Gasteiger partial charge on any atom is 0.279 e. The first-order valence-corrected chi connectivity index (χ1v) is 6.91. The quantitative estimate of drug-likeness (QED) is 0.727. The Kier molecular flexibility index (Phi) is 4.63. The van der Waals surface area contributed by atoms with Crippen LogP contribution in [0.4, 0.5) is 0 Å². The van der Waals surface area contributed by atoms with E-state index in [0.717, 1.165) is 19.3 Å². The Bertz CT molecular complexity index is 259. The highest BCUT2D eigenvalue weighted by Gasteiger charge is 2.26. The van der Waals surface area contributed by atoms with Crippen LogP contribution in [-0.2, 0) is 10.2 Å². The Morgan fingerprint density at radius 2 is 2.00 bits per heavy atom. The van der Waals surface area contributed by atoms with Crippen LogP contribution in [0.2, 0.25) is 0 Å². The largest absolute Gasteiger partial charge is 0.279 e. The van der Waals surface area contributed by atoms with Gasteiger partial charge in [0.1, 0.15) is 0 Å². The summed E-state index contributed by atoms with van der Waals surface area (Å²) in [6.07, 6.45) is 2.63. The second kappa shape index (κ2) is 5.30. The van der Waals surface area contributed by atoms with Crippen molar-refractivity contribution in [2.45, 2.75) is 32.2 Å². The summed E-state index contributed by atoms with van der Waals surface area (Å²) in [5, 5.41) is 0. The summed E-state index contributed by atoms with van der Waals surface area (Å²) >= 11 is 5.63. The molecule has 0 spiro atoms. The van der Waals surface area contributed by atoms with Gasteiger partial charge < -0.3 is 0 Å². The molecule has 4 nitrogen and oxygen atoms in total. The minimum absolute atomic E-state index is 0.151. The summed E-state index contributed by atoms with van der Waals surface area (Å²) in [4.78, 5) is 0. The zero-order chi connectivity index (χ0) is 10.6. The van der Waals surface area contributed by atoms with Crippen LogP contribution in [0.15, 0.2) is 0 Å². The van der Waals surface area contributed by atoms with Crippen molar-refractivity contribution in [3.8, 4) is 0 Å². The zero-order valence-electron chi connectivity index (χ0n) is 8.37. The van der Waals surface area contributed by atoms with E-state index in [2.05, 4.69) is 4.72 Å². The summed E-state index contributed by atoms with van der Waals surface area (Å²) in [7, 11) is -3.28. The van der Waals surface area contributed by atoms with Gasteiger partial charge in [-0.1, -0.05) is 6.92 Å². The van der Waals surface area contributed by atoms with Crippen molar-refractivity contribution in [3.63, 3.8) is 0 Å². The molecule has 1 fully saturated rings. The van der Waals surface area contributed by atoms with Crippen molar-refractivity contribution < 1.29 is 8.42 Å². The monoisotopic (exact) mass is 240 g/mol. The highest BCUT2D eigenvalue weighted by Crippen LogP contribution is 2.12. The standard InChI is InChI=1S/C8H17ClN2O2S/c1-2-8(7-9)10-14(12,13)11-5-3-4-6-11/h8,10H,2-7H2,1H3. The summed E-state index contributed by atoms with van der Waals surface area (Å²) < 4.78 is 27.5. The molecule has 84 valence electrons. The van der Waals surface area contributed by atoms with E-state index in [9.17, 15) is 8.42 Å². The molecule has 0 amide bonds. The third-order valence-electron chi connectivity index (χ3n) is 2.40. The Morgan fingerprint density at radius 3 is 2.43 bits per heavy atom. The van der Waals surface area contributed by atoms with Gasteiger partial charge in [-0.25, -0.2) is 0 Å². The van der Waals surface area contributed by atoms with Gasteiger partial charge in [0.25, 0.3) is 10.2 Å². The van der Waals surface area contributed by atoms with Crippen molar-refractivity contribution in [2.24, 2.45) is 0 Å². The van der Waals surface area contributed by atoms with Gasteiger partial charge in [0.15, 0.2) is 0 Å². The highest BCUT2D eigenvalue weighted by molar-refractivity contribution is 7.87. The van der Waals surface area contributed by atoms with Crippen molar-refractivity contribution >= 4 is 21.8 Å². The van der Waals surface area contributed by atoms with Gasteiger partial charge in [-0.15, -0.1) is 11.6 Å². The minimum Gasteiger partial charge on any atom is -0.198 e. The molecule has 0 radical (unpaired) electrons. The average Bonchev–Trinajstić information content (AvgIpc) is 2.67. The third-order valence-corrected chi connectivity index (χ3v) is 4.45. The minimum atomic E-state index is -3.28. The Morgan fingerprint density at radius 1 is 1.43 bits per heavy atom. The topological polar surface area (TPSA) is 49.4 Å². The molecule has 1 N–H and O–H groups in total. The van der Waals surface area contributed by atoms with Crippen LogP contribution in [0, 0.1) is 0 Å². The molecule has 1 rings (SSSR count). The molecular weight excluding hydrogens is 224 g/mol. The molecule has 0 bridgehead atoms. The molecule has 14 heavy (non-hydrogen) atoms. The normalized spacial score (nSPS) is 21.3. The number of nitrogens with zero attached hydrogens (tertiary/aromatic N) is 1. The maximum absolute atomic E-state index is 11.7. The molecule has 1 aliphatic rings. The predicted octanol–water partition coefficient (Wildman–Crippen LogP) is 0.934. The molecule has 0 aromatic heterocycles.